The normalized spacial score (nSPS) is 10.4. The van der Waals surface area contributed by atoms with Crippen LogP contribution in [0.25, 0.3) is 11.3 Å². The van der Waals surface area contributed by atoms with Gasteiger partial charge in [-0.25, -0.2) is 4.98 Å². The fourth-order valence-corrected chi connectivity index (χ4v) is 3.12. The highest BCUT2D eigenvalue weighted by atomic mass is 32.1. The highest BCUT2D eigenvalue weighted by Gasteiger charge is 2.18. The molecule has 1 amide bonds. The van der Waals surface area contributed by atoms with Gasteiger partial charge in [-0.05, 0) is 30.3 Å². The van der Waals surface area contributed by atoms with Gasteiger partial charge < -0.3 is 9.47 Å². The quantitative estimate of drug-likeness (QED) is 0.701. The fourth-order valence-electron chi connectivity index (χ4n) is 2.33. The Morgan fingerprint density at radius 2 is 1.88 bits per heavy atom. The van der Waals surface area contributed by atoms with Gasteiger partial charge in [0.2, 0.25) is 0 Å². The molecule has 0 saturated heterocycles. The van der Waals surface area contributed by atoms with Crippen molar-refractivity contribution in [3.63, 3.8) is 0 Å². The van der Waals surface area contributed by atoms with Gasteiger partial charge >= 0.3 is 0 Å². The van der Waals surface area contributed by atoms with Crippen LogP contribution in [0.4, 0.5) is 5.13 Å². The van der Waals surface area contributed by atoms with E-state index in [4.69, 9.17) is 9.47 Å². The largest absolute Gasteiger partial charge is 0.497 e. The lowest BCUT2D eigenvalue weighted by atomic mass is 10.1. The van der Waals surface area contributed by atoms with Gasteiger partial charge in [0.1, 0.15) is 11.5 Å². The molecule has 3 rings (SSSR count). The molecule has 7 heteroatoms. The third kappa shape index (κ3) is 3.46. The molecule has 0 N–H and O–H groups in total. The molecule has 1 aromatic carbocycles. The van der Waals surface area contributed by atoms with Gasteiger partial charge in [-0.2, -0.15) is 0 Å². The Labute approximate surface area is 149 Å². The van der Waals surface area contributed by atoms with Crippen LogP contribution in [0.3, 0.4) is 0 Å². The highest BCUT2D eigenvalue weighted by molar-refractivity contribution is 7.14. The van der Waals surface area contributed by atoms with Crippen molar-refractivity contribution in [2.45, 2.75) is 0 Å². The number of rotatable bonds is 5. The minimum Gasteiger partial charge on any atom is -0.497 e. The Balaban J connectivity index is 1.91. The predicted molar refractivity (Wildman–Crippen MR) is 97.6 cm³/mol. The fraction of sp³-hybridized carbons (Fsp3) is 0.167. The summed E-state index contributed by atoms with van der Waals surface area (Å²) in [6, 6.07) is 8.88. The first-order valence-corrected chi connectivity index (χ1v) is 8.38. The number of thiazole rings is 1. The van der Waals surface area contributed by atoms with E-state index in [-0.39, 0.29) is 5.91 Å². The molecule has 0 atom stereocenters. The molecule has 0 aliphatic heterocycles. The third-order valence-electron chi connectivity index (χ3n) is 3.69. The van der Waals surface area contributed by atoms with E-state index >= 15 is 0 Å². The summed E-state index contributed by atoms with van der Waals surface area (Å²) in [7, 11) is 4.92. The second kappa shape index (κ2) is 7.31. The maximum atomic E-state index is 12.5. The number of hydrogen-bond donors (Lipinski definition) is 0. The number of carbonyl (C=O) groups is 1. The first kappa shape index (κ1) is 16.9. The van der Waals surface area contributed by atoms with Crippen LogP contribution >= 0.6 is 11.3 Å². The average Bonchev–Trinajstić information content (AvgIpc) is 3.17. The molecule has 0 aliphatic rings. The highest BCUT2D eigenvalue weighted by Crippen LogP contribution is 2.35. The van der Waals surface area contributed by atoms with Gasteiger partial charge in [0, 0.05) is 35.9 Å². The van der Waals surface area contributed by atoms with Crippen molar-refractivity contribution in [3.8, 4) is 22.8 Å². The maximum Gasteiger partial charge on any atom is 0.259 e. The first-order chi connectivity index (χ1) is 12.1. The average molecular weight is 355 g/mol. The molecule has 0 bridgehead atoms. The van der Waals surface area contributed by atoms with Crippen LogP contribution in [0, 0.1) is 0 Å². The van der Waals surface area contributed by atoms with E-state index in [9.17, 15) is 4.79 Å². The van der Waals surface area contributed by atoms with Crippen LogP contribution in [0.2, 0.25) is 0 Å². The third-order valence-corrected chi connectivity index (χ3v) is 4.61. The number of methoxy groups -OCH3 is 2. The Hall–Kier alpha value is -2.93. The van der Waals surface area contributed by atoms with Crippen molar-refractivity contribution in [2.75, 3.05) is 26.2 Å². The van der Waals surface area contributed by atoms with E-state index in [0.717, 1.165) is 11.3 Å². The lowest BCUT2D eigenvalue weighted by Gasteiger charge is -2.13. The maximum absolute atomic E-state index is 12.5. The van der Waals surface area contributed by atoms with Gasteiger partial charge in [-0.15, -0.1) is 11.3 Å². The number of hydrogen-bond acceptors (Lipinski definition) is 6. The topological polar surface area (TPSA) is 64.6 Å². The van der Waals surface area contributed by atoms with Crippen LogP contribution in [0.1, 0.15) is 10.4 Å². The molecule has 2 aromatic heterocycles. The number of anilines is 1. The molecule has 25 heavy (non-hydrogen) atoms. The molecular formula is C18H17N3O3S. The van der Waals surface area contributed by atoms with Crippen molar-refractivity contribution >= 4 is 22.4 Å². The molecular weight excluding hydrogens is 338 g/mol. The molecule has 3 aromatic rings. The Morgan fingerprint density at radius 1 is 1.12 bits per heavy atom. The summed E-state index contributed by atoms with van der Waals surface area (Å²) >= 11 is 1.39. The molecule has 0 saturated carbocycles. The van der Waals surface area contributed by atoms with Crippen LogP contribution in [-0.4, -0.2) is 37.1 Å². The summed E-state index contributed by atoms with van der Waals surface area (Å²) in [6.45, 7) is 0. The van der Waals surface area contributed by atoms with Crippen LogP contribution in [-0.2, 0) is 0 Å². The van der Waals surface area contributed by atoms with Crippen molar-refractivity contribution in [2.24, 2.45) is 0 Å². The van der Waals surface area contributed by atoms with Gasteiger partial charge in [-0.3, -0.25) is 14.7 Å². The SMILES string of the molecule is COc1ccc(OC)c(-c2csc(N(C)C(=O)c3ccncc3)n2)c1. The number of ether oxygens (including phenoxy) is 2. The van der Waals surface area contributed by atoms with Crippen LogP contribution < -0.4 is 14.4 Å². The van der Waals surface area contributed by atoms with E-state index in [2.05, 4.69) is 9.97 Å². The zero-order valence-electron chi connectivity index (χ0n) is 14.1. The monoisotopic (exact) mass is 355 g/mol. The summed E-state index contributed by atoms with van der Waals surface area (Å²) in [4.78, 5) is 22.6. The van der Waals surface area contributed by atoms with Gasteiger partial charge in [0.15, 0.2) is 5.13 Å². The number of aromatic nitrogens is 2. The minimum atomic E-state index is -0.138. The standard InChI is InChI=1S/C18H17N3O3S/c1-21(17(22)12-6-8-19-9-7-12)18-20-15(11-25-18)14-10-13(23-2)4-5-16(14)24-3/h4-11H,1-3H3. The summed E-state index contributed by atoms with van der Waals surface area (Å²) < 4.78 is 10.7. The smallest absolute Gasteiger partial charge is 0.259 e. The van der Waals surface area contributed by atoms with Crippen molar-refractivity contribution in [3.05, 3.63) is 53.7 Å². The van der Waals surface area contributed by atoms with Crippen molar-refractivity contribution in [1.29, 1.82) is 0 Å². The molecule has 6 nitrogen and oxygen atoms in total. The number of nitrogens with zero attached hydrogens (tertiary/aromatic N) is 3. The van der Waals surface area contributed by atoms with Crippen molar-refractivity contribution < 1.29 is 14.3 Å². The second-order valence-electron chi connectivity index (χ2n) is 5.18. The Kier molecular flexibility index (Phi) is 4.95. The van der Waals surface area contributed by atoms with E-state index in [1.165, 1.54) is 16.2 Å². The molecule has 2 heterocycles. The van der Waals surface area contributed by atoms with E-state index in [0.29, 0.717) is 22.2 Å². The van der Waals surface area contributed by atoms with Gasteiger partial charge in [-0.1, -0.05) is 0 Å². The molecule has 0 aliphatic carbocycles. The zero-order valence-corrected chi connectivity index (χ0v) is 14.9. The molecule has 0 radical (unpaired) electrons. The summed E-state index contributed by atoms with van der Waals surface area (Å²) in [5.41, 5.74) is 2.10. The Morgan fingerprint density at radius 3 is 2.56 bits per heavy atom. The molecule has 0 fully saturated rings. The number of benzene rings is 1. The van der Waals surface area contributed by atoms with Gasteiger partial charge in [0.25, 0.3) is 5.91 Å². The van der Waals surface area contributed by atoms with Crippen LogP contribution in [0.5, 0.6) is 11.5 Å². The van der Waals surface area contributed by atoms with Crippen molar-refractivity contribution in [1.82, 2.24) is 9.97 Å². The van der Waals surface area contributed by atoms with E-state index < -0.39 is 0 Å². The van der Waals surface area contributed by atoms with Gasteiger partial charge in [0.05, 0.1) is 19.9 Å². The lowest BCUT2D eigenvalue weighted by molar-refractivity contribution is 0.0993. The minimum absolute atomic E-state index is 0.138. The summed E-state index contributed by atoms with van der Waals surface area (Å²) in [5, 5.41) is 2.49. The Bertz CT molecular complexity index is 880. The first-order valence-electron chi connectivity index (χ1n) is 7.50. The van der Waals surface area contributed by atoms with Crippen LogP contribution in [0.15, 0.2) is 48.1 Å². The molecule has 128 valence electrons. The van der Waals surface area contributed by atoms with E-state index in [1.807, 2.05) is 23.6 Å². The number of carbonyl (C=O) groups excluding carboxylic acids is 1. The number of pyridine rings is 1. The summed E-state index contributed by atoms with van der Waals surface area (Å²) in [6.07, 6.45) is 3.19. The second-order valence-corrected chi connectivity index (χ2v) is 6.02. The predicted octanol–water partition coefficient (Wildman–Crippen LogP) is 3.50. The molecule has 0 spiro atoms. The number of amides is 1. The molecule has 0 unspecified atom stereocenters. The lowest BCUT2D eigenvalue weighted by Crippen LogP contribution is -2.26. The van der Waals surface area contributed by atoms with E-state index in [1.54, 1.807) is 45.8 Å². The zero-order chi connectivity index (χ0) is 17.8. The summed E-state index contributed by atoms with van der Waals surface area (Å²) in [5.74, 6) is 1.27.